The van der Waals surface area contributed by atoms with E-state index in [-0.39, 0.29) is 6.10 Å². The van der Waals surface area contributed by atoms with Crippen LogP contribution in [0.2, 0.25) is 0 Å². The van der Waals surface area contributed by atoms with E-state index in [4.69, 9.17) is 4.74 Å². The number of hydrogen-bond donors (Lipinski definition) is 1. The van der Waals surface area contributed by atoms with Gasteiger partial charge in [0.05, 0.1) is 11.7 Å². The van der Waals surface area contributed by atoms with E-state index in [2.05, 4.69) is 43.2 Å². The number of hydrogen-bond acceptors (Lipinski definition) is 3. The molecule has 1 heterocycles. The van der Waals surface area contributed by atoms with Gasteiger partial charge in [0.25, 0.3) is 0 Å². The van der Waals surface area contributed by atoms with Crippen molar-refractivity contribution < 1.29 is 4.74 Å². The van der Waals surface area contributed by atoms with Gasteiger partial charge in [-0.3, -0.25) is 4.98 Å². The number of pyridine rings is 1. The topological polar surface area (TPSA) is 34.1 Å². The molecule has 0 aliphatic rings. The van der Waals surface area contributed by atoms with Gasteiger partial charge in [0.1, 0.15) is 11.9 Å². The smallest absolute Gasteiger partial charge is 0.138 e. The lowest BCUT2D eigenvalue weighted by Gasteiger charge is -2.19. The Morgan fingerprint density at radius 2 is 1.95 bits per heavy atom. The van der Waals surface area contributed by atoms with Crippen molar-refractivity contribution in [2.45, 2.75) is 45.8 Å². The molecule has 20 heavy (non-hydrogen) atoms. The monoisotopic (exact) mass is 272 g/mol. The van der Waals surface area contributed by atoms with Gasteiger partial charge in [-0.05, 0) is 31.9 Å². The Morgan fingerprint density at radius 3 is 2.70 bits per heavy atom. The molecular formula is C17H24N2O. The highest BCUT2D eigenvalue weighted by Gasteiger charge is 2.08. The summed E-state index contributed by atoms with van der Waals surface area (Å²) in [5.41, 5.74) is 1.00. The van der Waals surface area contributed by atoms with Crippen LogP contribution in [0.3, 0.4) is 0 Å². The summed E-state index contributed by atoms with van der Waals surface area (Å²) in [5, 5.41) is 4.65. The van der Waals surface area contributed by atoms with Crippen molar-refractivity contribution in [3.63, 3.8) is 0 Å². The zero-order valence-corrected chi connectivity index (χ0v) is 12.6. The number of benzene rings is 1. The highest BCUT2D eigenvalue weighted by atomic mass is 16.5. The van der Waals surface area contributed by atoms with E-state index in [9.17, 15) is 0 Å². The van der Waals surface area contributed by atoms with E-state index in [1.165, 1.54) is 0 Å². The van der Waals surface area contributed by atoms with E-state index < -0.39 is 0 Å². The van der Waals surface area contributed by atoms with E-state index >= 15 is 0 Å². The summed E-state index contributed by atoms with van der Waals surface area (Å²) in [6, 6.07) is 10.7. The molecule has 0 fully saturated rings. The maximum absolute atomic E-state index is 5.94. The lowest BCUT2D eigenvalue weighted by molar-refractivity contribution is 0.209. The predicted molar refractivity (Wildman–Crippen MR) is 84.2 cm³/mol. The van der Waals surface area contributed by atoms with Crippen LogP contribution in [-0.2, 0) is 0 Å². The third kappa shape index (κ3) is 3.94. The maximum atomic E-state index is 5.94. The van der Waals surface area contributed by atoms with Gasteiger partial charge < -0.3 is 10.1 Å². The van der Waals surface area contributed by atoms with Crippen LogP contribution in [-0.4, -0.2) is 23.7 Å². The minimum absolute atomic E-state index is 0.138. The number of aromatic nitrogens is 1. The average Bonchev–Trinajstić information content (AvgIpc) is 2.48. The highest BCUT2D eigenvalue weighted by molar-refractivity contribution is 5.79. The summed E-state index contributed by atoms with van der Waals surface area (Å²) in [6.07, 6.45) is 4.25. The summed E-state index contributed by atoms with van der Waals surface area (Å²) in [6.45, 7) is 7.36. The van der Waals surface area contributed by atoms with Gasteiger partial charge in [0.2, 0.25) is 0 Å². The van der Waals surface area contributed by atoms with Crippen molar-refractivity contribution in [1.82, 2.24) is 10.3 Å². The Bertz CT molecular complexity index is 537. The molecule has 0 bridgehead atoms. The molecule has 2 aromatic rings. The fourth-order valence-corrected chi connectivity index (χ4v) is 2.30. The number of rotatable bonds is 7. The third-order valence-electron chi connectivity index (χ3n) is 3.58. The first-order chi connectivity index (χ1) is 9.72. The SMILES string of the molecule is CCC(CC)NCC(C)Oc1cnc2ccccc2c1. The molecule has 108 valence electrons. The van der Waals surface area contributed by atoms with E-state index in [1.807, 2.05) is 18.2 Å². The number of nitrogens with zero attached hydrogens (tertiary/aromatic N) is 1. The number of para-hydroxylation sites is 1. The van der Waals surface area contributed by atoms with Crippen molar-refractivity contribution in [1.29, 1.82) is 0 Å². The second-order valence-electron chi connectivity index (χ2n) is 5.21. The summed E-state index contributed by atoms with van der Waals surface area (Å²) in [5.74, 6) is 0.836. The van der Waals surface area contributed by atoms with Gasteiger partial charge >= 0.3 is 0 Å². The highest BCUT2D eigenvalue weighted by Crippen LogP contribution is 2.18. The molecule has 3 nitrogen and oxygen atoms in total. The van der Waals surface area contributed by atoms with Gasteiger partial charge in [-0.2, -0.15) is 0 Å². The largest absolute Gasteiger partial charge is 0.488 e. The molecule has 2 rings (SSSR count). The first-order valence-electron chi connectivity index (χ1n) is 7.47. The summed E-state index contributed by atoms with van der Waals surface area (Å²) < 4.78 is 5.94. The quantitative estimate of drug-likeness (QED) is 0.833. The van der Waals surface area contributed by atoms with Crippen LogP contribution in [0.25, 0.3) is 10.9 Å². The number of fused-ring (bicyclic) bond motifs is 1. The Kier molecular flexibility index (Phi) is 5.36. The van der Waals surface area contributed by atoms with Crippen LogP contribution in [0.1, 0.15) is 33.6 Å². The molecule has 0 radical (unpaired) electrons. The van der Waals surface area contributed by atoms with E-state index in [0.717, 1.165) is 36.0 Å². The average molecular weight is 272 g/mol. The van der Waals surface area contributed by atoms with Crippen molar-refractivity contribution in [2.75, 3.05) is 6.54 Å². The number of nitrogens with one attached hydrogen (secondary N) is 1. The van der Waals surface area contributed by atoms with Crippen LogP contribution < -0.4 is 10.1 Å². The standard InChI is InChI=1S/C17H24N2O/c1-4-15(5-2)18-11-13(3)20-16-10-14-8-6-7-9-17(14)19-12-16/h6-10,12-13,15,18H,4-5,11H2,1-3H3. The molecule has 0 aliphatic carbocycles. The summed E-state index contributed by atoms with van der Waals surface area (Å²) in [7, 11) is 0. The van der Waals surface area contributed by atoms with Gasteiger partial charge in [-0.15, -0.1) is 0 Å². The minimum atomic E-state index is 0.138. The molecule has 0 aliphatic heterocycles. The van der Waals surface area contributed by atoms with Crippen molar-refractivity contribution >= 4 is 10.9 Å². The molecule has 0 spiro atoms. The molecule has 1 aromatic heterocycles. The van der Waals surface area contributed by atoms with Crippen molar-refractivity contribution in [3.8, 4) is 5.75 Å². The second-order valence-corrected chi connectivity index (χ2v) is 5.21. The van der Waals surface area contributed by atoms with Crippen LogP contribution in [0, 0.1) is 0 Å². The van der Waals surface area contributed by atoms with Crippen molar-refractivity contribution in [2.24, 2.45) is 0 Å². The first-order valence-corrected chi connectivity index (χ1v) is 7.47. The lowest BCUT2D eigenvalue weighted by Crippen LogP contribution is -2.36. The van der Waals surface area contributed by atoms with Crippen LogP contribution in [0.15, 0.2) is 36.5 Å². The minimum Gasteiger partial charge on any atom is -0.488 e. The fraction of sp³-hybridized carbons (Fsp3) is 0.471. The Labute approximate surface area is 121 Å². The number of ether oxygens (including phenoxy) is 1. The van der Waals surface area contributed by atoms with E-state index in [0.29, 0.717) is 6.04 Å². The second kappa shape index (κ2) is 7.25. The zero-order chi connectivity index (χ0) is 14.4. The fourth-order valence-electron chi connectivity index (χ4n) is 2.30. The predicted octanol–water partition coefficient (Wildman–Crippen LogP) is 3.78. The van der Waals surface area contributed by atoms with Crippen LogP contribution in [0.4, 0.5) is 0 Å². The Balaban J connectivity index is 1.93. The Hall–Kier alpha value is -1.61. The molecule has 0 amide bonds. The maximum Gasteiger partial charge on any atom is 0.138 e. The molecule has 1 aromatic carbocycles. The van der Waals surface area contributed by atoms with Gasteiger partial charge in [-0.25, -0.2) is 0 Å². The first kappa shape index (κ1) is 14.8. The van der Waals surface area contributed by atoms with Crippen LogP contribution in [0.5, 0.6) is 5.75 Å². The summed E-state index contributed by atoms with van der Waals surface area (Å²) in [4.78, 5) is 4.42. The van der Waals surface area contributed by atoms with Gasteiger partial charge in [0.15, 0.2) is 0 Å². The third-order valence-corrected chi connectivity index (χ3v) is 3.58. The lowest BCUT2D eigenvalue weighted by atomic mass is 10.1. The summed E-state index contributed by atoms with van der Waals surface area (Å²) >= 11 is 0. The van der Waals surface area contributed by atoms with Crippen molar-refractivity contribution in [3.05, 3.63) is 36.5 Å². The molecule has 0 saturated heterocycles. The van der Waals surface area contributed by atoms with Gasteiger partial charge in [-0.1, -0.05) is 32.0 Å². The Morgan fingerprint density at radius 1 is 1.20 bits per heavy atom. The van der Waals surface area contributed by atoms with Crippen LogP contribution >= 0.6 is 0 Å². The zero-order valence-electron chi connectivity index (χ0n) is 12.6. The molecular weight excluding hydrogens is 248 g/mol. The molecule has 0 saturated carbocycles. The van der Waals surface area contributed by atoms with Gasteiger partial charge in [0, 0.05) is 18.0 Å². The van der Waals surface area contributed by atoms with E-state index in [1.54, 1.807) is 6.20 Å². The molecule has 1 unspecified atom stereocenters. The molecule has 3 heteroatoms. The normalized spacial score (nSPS) is 12.8. The molecule has 1 N–H and O–H groups in total. The molecule has 1 atom stereocenters.